The van der Waals surface area contributed by atoms with E-state index in [-0.39, 0.29) is 10.0 Å². The van der Waals surface area contributed by atoms with Crippen molar-refractivity contribution in [2.45, 2.75) is 19.3 Å². The summed E-state index contributed by atoms with van der Waals surface area (Å²) in [5, 5.41) is 18.5. The lowest BCUT2D eigenvalue weighted by Crippen LogP contribution is -2.24. The first-order valence-corrected chi connectivity index (χ1v) is 5.08. The molecule has 0 unspecified atom stereocenters. The molecule has 0 saturated carbocycles. The zero-order chi connectivity index (χ0) is 11.8. The number of aliphatic hydroxyl groups is 1. The number of halogens is 3. The predicted octanol–water partition coefficient (Wildman–Crippen LogP) is 2.70. The van der Waals surface area contributed by atoms with Gasteiger partial charge in [0.1, 0.15) is 5.82 Å². The van der Waals surface area contributed by atoms with Gasteiger partial charge in [-0.3, -0.25) is 0 Å². The maximum Gasteiger partial charge on any atom is 0.166 e. The van der Waals surface area contributed by atoms with Gasteiger partial charge in [-0.15, -0.1) is 0 Å². The Morgan fingerprint density at radius 2 is 1.93 bits per heavy atom. The Labute approximate surface area is 94.7 Å². The Balaban J connectivity index is 3.53. The van der Waals surface area contributed by atoms with E-state index in [1.165, 1.54) is 13.8 Å². The second-order valence-corrected chi connectivity index (χ2v) is 4.77. The van der Waals surface area contributed by atoms with Crippen LogP contribution >= 0.6 is 15.9 Å². The molecule has 0 radical (unpaired) electrons. The number of aromatic hydroxyl groups is 1. The van der Waals surface area contributed by atoms with Crippen LogP contribution in [0.2, 0.25) is 0 Å². The normalized spacial score (nSPS) is 11.9. The molecular weight excluding hydrogens is 270 g/mol. The minimum absolute atomic E-state index is 0.0747. The smallest absolute Gasteiger partial charge is 0.166 e. The third-order valence-corrected chi connectivity index (χ3v) is 2.79. The van der Waals surface area contributed by atoms with Crippen LogP contribution in [0, 0.1) is 11.6 Å². The van der Waals surface area contributed by atoms with Gasteiger partial charge in [-0.05, 0) is 22.0 Å². The molecule has 5 heteroatoms. The second kappa shape index (κ2) is 4.06. The highest BCUT2D eigenvalue weighted by Crippen LogP contribution is 2.38. The lowest BCUT2D eigenvalue weighted by molar-refractivity contribution is 0.210. The lowest BCUT2D eigenvalue weighted by atomic mass is 9.84. The average molecular weight is 281 g/mol. The van der Waals surface area contributed by atoms with Crippen molar-refractivity contribution in [1.82, 2.24) is 0 Å². The van der Waals surface area contributed by atoms with E-state index in [4.69, 9.17) is 5.11 Å². The maximum atomic E-state index is 13.6. The standard InChI is InChI=1S/C10H11BrF2O2/c1-10(2,4-14)7-8(13)5(11)3-6(12)9(7)15/h3,14-15H,4H2,1-2H3. The summed E-state index contributed by atoms with van der Waals surface area (Å²) in [6.07, 6.45) is 0. The predicted molar refractivity (Wildman–Crippen MR) is 55.8 cm³/mol. The van der Waals surface area contributed by atoms with E-state index < -0.39 is 29.4 Å². The Hall–Kier alpha value is -0.680. The second-order valence-electron chi connectivity index (χ2n) is 3.92. The molecule has 0 aliphatic carbocycles. The van der Waals surface area contributed by atoms with Crippen LogP contribution in [0.3, 0.4) is 0 Å². The van der Waals surface area contributed by atoms with Crippen molar-refractivity contribution in [2.24, 2.45) is 0 Å². The van der Waals surface area contributed by atoms with E-state index in [1.54, 1.807) is 0 Å². The third kappa shape index (κ3) is 2.13. The summed E-state index contributed by atoms with van der Waals surface area (Å²) in [5.74, 6) is -2.43. The molecule has 0 saturated heterocycles. The summed E-state index contributed by atoms with van der Waals surface area (Å²) in [7, 11) is 0. The highest BCUT2D eigenvalue weighted by Gasteiger charge is 2.30. The number of benzene rings is 1. The van der Waals surface area contributed by atoms with Gasteiger partial charge in [0.05, 0.1) is 11.1 Å². The van der Waals surface area contributed by atoms with E-state index >= 15 is 0 Å². The van der Waals surface area contributed by atoms with Crippen LogP contribution in [-0.4, -0.2) is 16.8 Å². The molecular formula is C10H11BrF2O2. The summed E-state index contributed by atoms with van der Waals surface area (Å²) in [6.45, 7) is 2.63. The molecule has 0 aliphatic rings. The van der Waals surface area contributed by atoms with Gasteiger partial charge in [-0.2, -0.15) is 0 Å². The molecule has 0 amide bonds. The van der Waals surface area contributed by atoms with Crippen LogP contribution in [0.4, 0.5) is 8.78 Å². The molecule has 15 heavy (non-hydrogen) atoms. The van der Waals surface area contributed by atoms with Crippen molar-refractivity contribution >= 4 is 15.9 Å². The fourth-order valence-electron chi connectivity index (χ4n) is 1.28. The molecule has 1 rings (SSSR count). The molecule has 1 aromatic carbocycles. The number of hydrogen-bond acceptors (Lipinski definition) is 2. The summed E-state index contributed by atoms with van der Waals surface area (Å²) < 4.78 is 26.7. The SMILES string of the molecule is CC(C)(CO)c1c(O)c(F)cc(Br)c1F. The highest BCUT2D eigenvalue weighted by atomic mass is 79.9. The first-order chi connectivity index (χ1) is 6.81. The van der Waals surface area contributed by atoms with E-state index in [2.05, 4.69) is 15.9 Å². The summed E-state index contributed by atoms with van der Waals surface area (Å²) in [5.41, 5.74) is -1.27. The van der Waals surface area contributed by atoms with Gasteiger partial charge in [0.25, 0.3) is 0 Å². The summed E-state index contributed by atoms with van der Waals surface area (Å²) >= 11 is 2.84. The Bertz CT molecular complexity index is 365. The minimum Gasteiger partial charge on any atom is -0.505 e. The molecule has 84 valence electrons. The quantitative estimate of drug-likeness (QED) is 0.818. The van der Waals surface area contributed by atoms with Crippen LogP contribution in [0.15, 0.2) is 10.5 Å². The molecule has 0 spiro atoms. The highest BCUT2D eigenvalue weighted by molar-refractivity contribution is 9.10. The molecule has 0 fully saturated rings. The maximum absolute atomic E-state index is 13.6. The van der Waals surface area contributed by atoms with Crippen molar-refractivity contribution in [1.29, 1.82) is 0 Å². The third-order valence-electron chi connectivity index (χ3n) is 2.22. The van der Waals surface area contributed by atoms with Crippen molar-refractivity contribution in [3.8, 4) is 5.75 Å². The molecule has 0 aliphatic heterocycles. The van der Waals surface area contributed by atoms with Crippen molar-refractivity contribution in [3.05, 3.63) is 27.7 Å². The number of rotatable bonds is 2. The average Bonchev–Trinajstić information content (AvgIpc) is 2.15. The first-order valence-electron chi connectivity index (χ1n) is 4.29. The molecule has 0 aromatic heterocycles. The zero-order valence-corrected chi connectivity index (χ0v) is 9.90. The van der Waals surface area contributed by atoms with Crippen molar-refractivity contribution in [3.63, 3.8) is 0 Å². The molecule has 1 aromatic rings. The topological polar surface area (TPSA) is 40.5 Å². The summed E-state index contributed by atoms with van der Waals surface area (Å²) in [6, 6.07) is 0.849. The Morgan fingerprint density at radius 3 is 2.40 bits per heavy atom. The number of phenols is 1. The monoisotopic (exact) mass is 280 g/mol. The van der Waals surface area contributed by atoms with Gasteiger partial charge in [-0.25, -0.2) is 8.78 Å². The van der Waals surface area contributed by atoms with Gasteiger partial charge in [0, 0.05) is 11.0 Å². The molecule has 2 nitrogen and oxygen atoms in total. The molecule has 0 heterocycles. The van der Waals surface area contributed by atoms with Gasteiger partial charge in [0.15, 0.2) is 11.6 Å². The fraction of sp³-hybridized carbons (Fsp3) is 0.400. The van der Waals surface area contributed by atoms with Gasteiger partial charge in [0.2, 0.25) is 0 Å². The Morgan fingerprint density at radius 1 is 1.40 bits per heavy atom. The number of phenolic OH excluding ortho intramolecular Hbond substituents is 1. The van der Waals surface area contributed by atoms with E-state index in [0.717, 1.165) is 6.07 Å². The van der Waals surface area contributed by atoms with Crippen molar-refractivity contribution in [2.75, 3.05) is 6.61 Å². The van der Waals surface area contributed by atoms with E-state index in [0.29, 0.717) is 0 Å². The Kier molecular flexibility index (Phi) is 3.35. The summed E-state index contributed by atoms with van der Waals surface area (Å²) in [4.78, 5) is 0. The largest absolute Gasteiger partial charge is 0.505 e. The minimum atomic E-state index is -1.04. The van der Waals surface area contributed by atoms with Crippen LogP contribution in [0.1, 0.15) is 19.4 Å². The van der Waals surface area contributed by atoms with Crippen LogP contribution in [-0.2, 0) is 5.41 Å². The molecule has 0 bridgehead atoms. The van der Waals surface area contributed by atoms with E-state index in [9.17, 15) is 13.9 Å². The van der Waals surface area contributed by atoms with Gasteiger partial charge < -0.3 is 10.2 Å². The lowest BCUT2D eigenvalue weighted by Gasteiger charge is -2.24. The van der Waals surface area contributed by atoms with Gasteiger partial charge >= 0.3 is 0 Å². The molecule has 2 N–H and O–H groups in total. The number of aliphatic hydroxyl groups excluding tert-OH is 1. The van der Waals surface area contributed by atoms with Crippen LogP contribution < -0.4 is 0 Å². The molecule has 0 atom stereocenters. The van der Waals surface area contributed by atoms with E-state index in [1.807, 2.05) is 0 Å². The number of hydrogen-bond donors (Lipinski definition) is 2. The van der Waals surface area contributed by atoms with Crippen molar-refractivity contribution < 1.29 is 19.0 Å². The van der Waals surface area contributed by atoms with Gasteiger partial charge in [-0.1, -0.05) is 13.8 Å². The van der Waals surface area contributed by atoms with Crippen LogP contribution in [0.25, 0.3) is 0 Å². The van der Waals surface area contributed by atoms with Crippen LogP contribution in [0.5, 0.6) is 5.75 Å². The zero-order valence-electron chi connectivity index (χ0n) is 8.31. The fourth-order valence-corrected chi connectivity index (χ4v) is 1.68. The first kappa shape index (κ1) is 12.4.